The van der Waals surface area contributed by atoms with Crippen LogP contribution in [0.4, 0.5) is 0 Å². The molecule has 0 bridgehead atoms. The van der Waals surface area contributed by atoms with Crippen molar-refractivity contribution in [1.29, 1.82) is 0 Å². The summed E-state index contributed by atoms with van der Waals surface area (Å²) in [4.78, 5) is 17.9. The van der Waals surface area contributed by atoms with Crippen molar-refractivity contribution in [2.24, 2.45) is 0 Å². The molecule has 7 heteroatoms. The van der Waals surface area contributed by atoms with Gasteiger partial charge >= 0.3 is 0 Å². The highest BCUT2D eigenvalue weighted by atomic mass is 79.9. The Morgan fingerprint density at radius 2 is 2.00 bits per heavy atom. The molecule has 1 aliphatic carbocycles. The topological polar surface area (TPSA) is 56.5 Å². The zero-order valence-electron chi connectivity index (χ0n) is 16.8. The van der Waals surface area contributed by atoms with E-state index in [4.69, 9.17) is 21.3 Å². The second kappa shape index (κ2) is 8.19. The van der Waals surface area contributed by atoms with E-state index in [1.165, 1.54) is 0 Å². The predicted octanol–water partition coefficient (Wildman–Crippen LogP) is 5.87. The van der Waals surface area contributed by atoms with Gasteiger partial charge in [0.25, 0.3) is 0 Å². The quantitative estimate of drug-likeness (QED) is 0.354. The smallest absolute Gasteiger partial charge is 0.166 e. The predicted molar refractivity (Wildman–Crippen MR) is 124 cm³/mol. The van der Waals surface area contributed by atoms with Crippen molar-refractivity contribution in [1.82, 2.24) is 14.6 Å². The first-order valence-electron chi connectivity index (χ1n) is 9.98. The van der Waals surface area contributed by atoms with Gasteiger partial charge in [-0.1, -0.05) is 51.8 Å². The lowest BCUT2D eigenvalue weighted by Gasteiger charge is -2.23. The number of carbonyl (C=O) groups excluding carboxylic acids is 1. The molecule has 1 unspecified atom stereocenters. The molecule has 0 radical (unpaired) electrons. The highest BCUT2D eigenvalue weighted by Gasteiger charge is 2.29. The summed E-state index contributed by atoms with van der Waals surface area (Å²) >= 11 is 9.67. The molecule has 0 saturated heterocycles. The Balaban J connectivity index is 1.65. The maximum atomic E-state index is 13.0. The van der Waals surface area contributed by atoms with Crippen molar-refractivity contribution in [3.63, 3.8) is 0 Å². The number of ether oxygens (including phenoxy) is 1. The summed E-state index contributed by atoms with van der Waals surface area (Å²) in [5, 5.41) is 5.36. The molecule has 0 spiro atoms. The van der Waals surface area contributed by atoms with Gasteiger partial charge in [-0.15, -0.1) is 0 Å². The van der Waals surface area contributed by atoms with Crippen LogP contribution >= 0.6 is 27.5 Å². The molecule has 0 N–H and O–H groups in total. The third-order valence-corrected chi connectivity index (χ3v) is 6.43. The standard InChI is InChI=1S/C24H19BrClN3O2/c1-31-13-21-23(14-5-7-17(25)8-6-14)24-27-20-10-16(15-3-2-4-18(26)9-15)11-22(30)19(20)12-29(24)28-21/h2-9,12,16H,10-11,13H2,1H3. The lowest BCUT2D eigenvalue weighted by molar-refractivity contribution is 0.0962. The highest BCUT2D eigenvalue weighted by Crippen LogP contribution is 2.35. The van der Waals surface area contributed by atoms with E-state index in [1.54, 1.807) is 11.6 Å². The van der Waals surface area contributed by atoms with Crippen LogP contribution in [0.15, 0.2) is 59.2 Å². The molecule has 2 aromatic heterocycles. The Morgan fingerprint density at radius 1 is 1.19 bits per heavy atom. The van der Waals surface area contributed by atoms with Gasteiger partial charge in [-0.3, -0.25) is 4.79 Å². The minimum Gasteiger partial charge on any atom is -0.378 e. The van der Waals surface area contributed by atoms with Crippen LogP contribution in [0.25, 0.3) is 16.8 Å². The molecule has 0 fully saturated rings. The van der Waals surface area contributed by atoms with Gasteiger partial charge in [-0.05, 0) is 47.7 Å². The largest absolute Gasteiger partial charge is 0.378 e. The van der Waals surface area contributed by atoms with Crippen molar-refractivity contribution in [3.05, 3.63) is 86.7 Å². The van der Waals surface area contributed by atoms with Crippen LogP contribution in [0.2, 0.25) is 5.02 Å². The normalized spacial score (nSPS) is 16.0. The lowest BCUT2D eigenvalue weighted by atomic mass is 9.82. The number of ketones is 1. The number of rotatable bonds is 4. The second-order valence-corrected chi connectivity index (χ2v) is 9.07. The van der Waals surface area contributed by atoms with E-state index in [2.05, 4.69) is 21.0 Å². The highest BCUT2D eigenvalue weighted by molar-refractivity contribution is 9.10. The van der Waals surface area contributed by atoms with Crippen LogP contribution in [0.1, 0.15) is 39.6 Å². The SMILES string of the molecule is COCc1nn2cc3c(nc2c1-c1ccc(Br)cc1)CC(c1cccc(Cl)c1)CC3=O. The van der Waals surface area contributed by atoms with Crippen molar-refractivity contribution in [3.8, 4) is 11.1 Å². The first-order chi connectivity index (χ1) is 15.0. The van der Waals surface area contributed by atoms with Gasteiger partial charge in [0.15, 0.2) is 11.4 Å². The number of benzene rings is 2. The number of hydrogen-bond acceptors (Lipinski definition) is 4. The minimum absolute atomic E-state index is 0.0612. The van der Waals surface area contributed by atoms with Gasteiger partial charge < -0.3 is 4.74 Å². The summed E-state index contributed by atoms with van der Waals surface area (Å²) in [6.45, 7) is 0.360. The van der Waals surface area contributed by atoms with Gasteiger partial charge in [0.2, 0.25) is 0 Å². The second-order valence-electron chi connectivity index (χ2n) is 7.71. The lowest BCUT2D eigenvalue weighted by Crippen LogP contribution is -2.21. The number of hydrogen-bond donors (Lipinski definition) is 0. The van der Waals surface area contributed by atoms with E-state index < -0.39 is 0 Å². The number of fused-ring (bicyclic) bond motifs is 2. The summed E-state index contributed by atoms with van der Waals surface area (Å²) in [5.74, 6) is 0.140. The Morgan fingerprint density at radius 3 is 2.74 bits per heavy atom. The van der Waals surface area contributed by atoms with E-state index >= 15 is 0 Å². The van der Waals surface area contributed by atoms with Crippen LogP contribution in [-0.4, -0.2) is 27.5 Å². The number of methoxy groups -OCH3 is 1. The van der Waals surface area contributed by atoms with Crippen molar-refractivity contribution >= 4 is 39.0 Å². The van der Waals surface area contributed by atoms with Crippen molar-refractivity contribution in [2.45, 2.75) is 25.4 Å². The van der Waals surface area contributed by atoms with Crippen LogP contribution in [-0.2, 0) is 17.8 Å². The van der Waals surface area contributed by atoms with Gasteiger partial charge in [0, 0.05) is 29.2 Å². The fourth-order valence-corrected chi connectivity index (χ4v) is 4.69. The molecular weight excluding hydrogens is 478 g/mol. The maximum Gasteiger partial charge on any atom is 0.166 e. The zero-order valence-corrected chi connectivity index (χ0v) is 19.2. The Hall–Kier alpha value is -2.54. The Kier molecular flexibility index (Phi) is 5.38. The first kappa shape index (κ1) is 20.4. The molecular formula is C24H19BrClN3O2. The third kappa shape index (κ3) is 3.80. The van der Waals surface area contributed by atoms with Crippen molar-refractivity contribution < 1.29 is 9.53 Å². The molecule has 5 rings (SSSR count). The van der Waals surface area contributed by atoms with Crippen molar-refractivity contribution in [2.75, 3.05) is 7.11 Å². The van der Waals surface area contributed by atoms with Gasteiger partial charge in [-0.2, -0.15) is 5.10 Å². The number of carbonyl (C=O) groups is 1. The number of halogens is 2. The molecule has 2 aromatic carbocycles. The molecule has 4 aromatic rings. The molecule has 5 nitrogen and oxygen atoms in total. The average molecular weight is 497 g/mol. The summed E-state index contributed by atoms with van der Waals surface area (Å²) in [6.07, 6.45) is 2.94. The molecule has 2 heterocycles. The van der Waals surface area contributed by atoms with Crippen LogP contribution in [0.3, 0.4) is 0 Å². The number of Topliss-reactive ketones (excluding diaryl/α,β-unsaturated/α-hetero) is 1. The minimum atomic E-state index is 0.0612. The molecule has 0 amide bonds. The van der Waals surface area contributed by atoms with E-state index in [1.807, 2.05) is 54.7 Å². The molecule has 1 atom stereocenters. The molecule has 0 saturated carbocycles. The molecule has 156 valence electrons. The maximum absolute atomic E-state index is 13.0. The van der Waals surface area contributed by atoms with E-state index in [-0.39, 0.29) is 11.7 Å². The zero-order chi connectivity index (χ0) is 21.5. The number of aromatic nitrogens is 3. The molecule has 0 aliphatic heterocycles. The monoisotopic (exact) mass is 495 g/mol. The summed E-state index contributed by atoms with van der Waals surface area (Å²) in [7, 11) is 1.65. The fraction of sp³-hybridized carbons (Fsp3) is 0.208. The Labute approximate surface area is 193 Å². The third-order valence-electron chi connectivity index (χ3n) is 5.67. The van der Waals surface area contributed by atoms with Crippen LogP contribution in [0, 0.1) is 0 Å². The van der Waals surface area contributed by atoms with Crippen LogP contribution in [0.5, 0.6) is 0 Å². The first-order valence-corrected chi connectivity index (χ1v) is 11.1. The van der Waals surface area contributed by atoms with Gasteiger partial charge in [0.1, 0.15) is 0 Å². The van der Waals surface area contributed by atoms with E-state index in [0.717, 1.165) is 38.2 Å². The summed E-state index contributed by atoms with van der Waals surface area (Å²) in [6, 6.07) is 15.8. The average Bonchev–Trinajstić information content (AvgIpc) is 3.10. The van der Waals surface area contributed by atoms with Gasteiger partial charge in [0.05, 0.1) is 29.1 Å². The molecule has 1 aliphatic rings. The van der Waals surface area contributed by atoms with Crippen LogP contribution < -0.4 is 0 Å². The fourth-order valence-electron chi connectivity index (χ4n) is 4.23. The van der Waals surface area contributed by atoms with Gasteiger partial charge in [-0.25, -0.2) is 9.50 Å². The summed E-state index contributed by atoms with van der Waals surface area (Å²) < 4.78 is 8.10. The Bertz CT molecular complexity index is 1300. The summed E-state index contributed by atoms with van der Waals surface area (Å²) in [5.41, 5.74) is 5.96. The molecule has 31 heavy (non-hydrogen) atoms. The number of nitrogens with zero attached hydrogens (tertiary/aromatic N) is 3. The van der Waals surface area contributed by atoms with E-state index in [9.17, 15) is 4.79 Å². The van der Waals surface area contributed by atoms with E-state index in [0.29, 0.717) is 30.0 Å².